The Labute approximate surface area is 116 Å². The Morgan fingerprint density at radius 3 is 2.65 bits per heavy atom. The molecule has 1 saturated heterocycles. The summed E-state index contributed by atoms with van der Waals surface area (Å²) < 4.78 is 4.95. The van der Waals surface area contributed by atoms with Crippen LogP contribution in [0.25, 0.3) is 0 Å². The van der Waals surface area contributed by atoms with Crippen molar-refractivity contribution >= 4 is 12.0 Å². The largest absolute Gasteiger partial charge is 0.463 e. The molecular formula is C12H19N3O5. The molecule has 2 amide bonds. The second-order valence-electron chi connectivity index (χ2n) is 4.81. The fourth-order valence-corrected chi connectivity index (χ4v) is 2.28. The van der Waals surface area contributed by atoms with E-state index in [9.17, 15) is 19.8 Å². The number of rotatable bonds is 4. The number of likely N-dealkylation sites (tertiary alicyclic amines) is 1. The van der Waals surface area contributed by atoms with E-state index >= 15 is 0 Å². The fourth-order valence-electron chi connectivity index (χ4n) is 2.28. The standard InChI is InChI=1S/C12H19N3O5/c1-2-20-11(18)7-3-13-12(19)14-8(7)4-15-5-9(16)10(17)6-15/h9-10,16-17H,2-6H2,1H3,(H2,13,14,19)/t9-,10+. The zero-order chi connectivity index (χ0) is 14.7. The van der Waals surface area contributed by atoms with E-state index in [0.29, 0.717) is 24.4 Å². The van der Waals surface area contributed by atoms with Crippen LogP contribution < -0.4 is 10.6 Å². The molecule has 0 radical (unpaired) electrons. The number of carbonyl (C=O) groups is 2. The van der Waals surface area contributed by atoms with Gasteiger partial charge in [-0.3, -0.25) is 4.90 Å². The van der Waals surface area contributed by atoms with Gasteiger partial charge in [-0.25, -0.2) is 9.59 Å². The van der Waals surface area contributed by atoms with Crippen molar-refractivity contribution in [1.29, 1.82) is 0 Å². The van der Waals surface area contributed by atoms with Crippen LogP contribution in [0, 0.1) is 0 Å². The molecule has 2 rings (SSSR count). The number of aliphatic hydroxyl groups is 2. The monoisotopic (exact) mass is 285 g/mol. The molecule has 20 heavy (non-hydrogen) atoms. The molecule has 0 aromatic carbocycles. The molecule has 0 spiro atoms. The van der Waals surface area contributed by atoms with Crippen molar-refractivity contribution in [2.45, 2.75) is 19.1 Å². The highest BCUT2D eigenvalue weighted by Crippen LogP contribution is 2.15. The molecule has 0 aliphatic carbocycles. The van der Waals surface area contributed by atoms with Gasteiger partial charge in [0.1, 0.15) is 0 Å². The summed E-state index contributed by atoms with van der Waals surface area (Å²) in [6.45, 7) is 2.94. The molecule has 112 valence electrons. The van der Waals surface area contributed by atoms with Crippen LogP contribution in [-0.2, 0) is 9.53 Å². The maximum Gasteiger partial charge on any atom is 0.337 e. The topological polar surface area (TPSA) is 111 Å². The second kappa shape index (κ2) is 6.21. The minimum atomic E-state index is -0.806. The third kappa shape index (κ3) is 3.27. The molecule has 1 fully saturated rings. The summed E-state index contributed by atoms with van der Waals surface area (Å²) in [5.41, 5.74) is 0.816. The molecule has 0 aromatic heterocycles. The predicted octanol–water partition coefficient (Wildman–Crippen LogP) is -1.85. The maximum absolute atomic E-state index is 11.8. The predicted molar refractivity (Wildman–Crippen MR) is 68.6 cm³/mol. The van der Waals surface area contributed by atoms with Crippen molar-refractivity contribution in [1.82, 2.24) is 15.5 Å². The third-order valence-electron chi connectivity index (χ3n) is 3.29. The Balaban J connectivity index is 2.11. The Morgan fingerprint density at radius 1 is 1.40 bits per heavy atom. The molecule has 2 aliphatic heterocycles. The van der Waals surface area contributed by atoms with Gasteiger partial charge in [-0.1, -0.05) is 0 Å². The minimum Gasteiger partial charge on any atom is -0.463 e. The summed E-state index contributed by atoms with van der Waals surface area (Å²) in [5.74, 6) is -0.477. The van der Waals surface area contributed by atoms with Gasteiger partial charge in [0.15, 0.2) is 0 Å². The first-order chi connectivity index (χ1) is 9.51. The Morgan fingerprint density at radius 2 is 2.05 bits per heavy atom. The second-order valence-corrected chi connectivity index (χ2v) is 4.81. The van der Waals surface area contributed by atoms with E-state index in [4.69, 9.17) is 4.74 Å². The zero-order valence-corrected chi connectivity index (χ0v) is 11.3. The van der Waals surface area contributed by atoms with Crippen molar-refractivity contribution < 1.29 is 24.5 Å². The summed E-state index contributed by atoms with van der Waals surface area (Å²) in [6, 6.07) is -0.381. The van der Waals surface area contributed by atoms with Gasteiger partial charge in [-0.05, 0) is 6.92 Å². The Hall–Kier alpha value is -1.64. The van der Waals surface area contributed by atoms with Gasteiger partial charge in [0.25, 0.3) is 0 Å². The highest BCUT2D eigenvalue weighted by Gasteiger charge is 2.32. The number of nitrogens with one attached hydrogen (secondary N) is 2. The number of amides is 2. The average Bonchev–Trinajstić information content (AvgIpc) is 2.68. The lowest BCUT2D eigenvalue weighted by atomic mass is 10.1. The van der Waals surface area contributed by atoms with Gasteiger partial charge < -0.3 is 25.6 Å². The molecular weight excluding hydrogens is 266 g/mol. The molecule has 8 heteroatoms. The van der Waals surface area contributed by atoms with E-state index in [1.165, 1.54) is 0 Å². The van der Waals surface area contributed by atoms with Crippen LogP contribution in [0.1, 0.15) is 6.92 Å². The molecule has 8 nitrogen and oxygen atoms in total. The molecule has 0 saturated carbocycles. The fraction of sp³-hybridized carbons (Fsp3) is 0.667. The number of urea groups is 1. The molecule has 0 unspecified atom stereocenters. The zero-order valence-electron chi connectivity index (χ0n) is 11.3. The summed E-state index contributed by atoms with van der Waals surface area (Å²) in [5, 5.41) is 24.1. The van der Waals surface area contributed by atoms with Gasteiger partial charge in [0.05, 0.1) is 30.9 Å². The first-order valence-corrected chi connectivity index (χ1v) is 6.53. The van der Waals surface area contributed by atoms with Crippen LogP contribution in [0.3, 0.4) is 0 Å². The van der Waals surface area contributed by atoms with Crippen LogP contribution in [0.15, 0.2) is 11.3 Å². The van der Waals surface area contributed by atoms with E-state index in [2.05, 4.69) is 10.6 Å². The van der Waals surface area contributed by atoms with E-state index in [0.717, 1.165) is 0 Å². The number of β-amino-alcohol motifs (C(OH)–C–C–N with tert-alkyl or cyclic N) is 2. The number of hydrogen-bond acceptors (Lipinski definition) is 6. The van der Waals surface area contributed by atoms with Gasteiger partial charge in [-0.2, -0.15) is 0 Å². The summed E-state index contributed by atoms with van der Waals surface area (Å²) in [4.78, 5) is 25.0. The van der Waals surface area contributed by atoms with E-state index in [-0.39, 0.29) is 25.7 Å². The van der Waals surface area contributed by atoms with Gasteiger partial charge in [0.2, 0.25) is 0 Å². The van der Waals surface area contributed by atoms with E-state index in [1.54, 1.807) is 11.8 Å². The lowest BCUT2D eigenvalue weighted by Crippen LogP contribution is -2.46. The number of esters is 1. The van der Waals surface area contributed by atoms with Crippen molar-refractivity contribution in [3.63, 3.8) is 0 Å². The summed E-state index contributed by atoms with van der Waals surface area (Å²) in [7, 11) is 0. The summed E-state index contributed by atoms with van der Waals surface area (Å²) in [6.07, 6.45) is -1.61. The van der Waals surface area contributed by atoms with Crippen molar-refractivity contribution in [3.05, 3.63) is 11.3 Å². The van der Waals surface area contributed by atoms with Gasteiger partial charge >= 0.3 is 12.0 Å². The normalized spacial score (nSPS) is 27.2. The number of ether oxygens (including phenoxy) is 1. The molecule has 2 aliphatic rings. The number of hydrogen-bond donors (Lipinski definition) is 4. The number of carbonyl (C=O) groups excluding carboxylic acids is 2. The van der Waals surface area contributed by atoms with E-state index < -0.39 is 18.2 Å². The SMILES string of the molecule is CCOC(=O)C1=C(CN2C[C@@H](O)[C@@H](O)C2)NC(=O)NC1. The van der Waals surface area contributed by atoms with Crippen LogP contribution in [0.2, 0.25) is 0 Å². The van der Waals surface area contributed by atoms with E-state index in [1.807, 2.05) is 0 Å². The first kappa shape index (κ1) is 14.8. The third-order valence-corrected chi connectivity index (χ3v) is 3.29. The average molecular weight is 285 g/mol. The van der Waals surface area contributed by atoms with Crippen LogP contribution in [0.5, 0.6) is 0 Å². The smallest absolute Gasteiger partial charge is 0.337 e. The molecule has 0 bridgehead atoms. The summed E-state index contributed by atoms with van der Waals surface area (Å²) >= 11 is 0. The van der Waals surface area contributed by atoms with Crippen molar-refractivity contribution in [2.24, 2.45) is 0 Å². The van der Waals surface area contributed by atoms with Crippen molar-refractivity contribution in [2.75, 3.05) is 32.8 Å². The van der Waals surface area contributed by atoms with Crippen LogP contribution >= 0.6 is 0 Å². The lowest BCUT2D eigenvalue weighted by Gasteiger charge is -2.24. The minimum absolute atomic E-state index is 0.110. The van der Waals surface area contributed by atoms with Crippen LogP contribution in [0.4, 0.5) is 4.79 Å². The highest BCUT2D eigenvalue weighted by molar-refractivity contribution is 5.93. The maximum atomic E-state index is 11.8. The van der Waals surface area contributed by atoms with Crippen LogP contribution in [-0.4, -0.2) is 72.1 Å². The van der Waals surface area contributed by atoms with Gasteiger partial charge in [-0.15, -0.1) is 0 Å². The Kier molecular flexibility index (Phi) is 4.58. The molecule has 0 aromatic rings. The first-order valence-electron chi connectivity index (χ1n) is 6.53. The van der Waals surface area contributed by atoms with Gasteiger partial charge in [0, 0.05) is 25.3 Å². The lowest BCUT2D eigenvalue weighted by molar-refractivity contribution is -0.138. The molecule has 2 heterocycles. The van der Waals surface area contributed by atoms with Crippen molar-refractivity contribution in [3.8, 4) is 0 Å². The number of nitrogens with zero attached hydrogens (tertiary/aromatic N) is 1. The molecule has 2 atom stereocenters. The Bertz CT molecular complexity index is 427. The quantitative estimate of drug-likeness (QED) is 0.451. The highest BCUT2D eigenvalue weighted by atomic mass is 16.5. The number of aliphatic hydroxyl groups excluding tert-OH is 2. The molecule has 4 N–H and O–H groups in total.